The molecule has 0 aromatic heterocycles. The van der Waals surface area contributed by atoms with Crippen LogP contribution in [0.4, 0.5) is 5.69 Å². The zero-order chi connectivity index (χ0) is 10.8. The highest BCUT2D eigenvalue weighted by atomic mass is 16.2. The molecule has 0 aliphatic carbocycles. The van der Waals surface area contributed by atoms with E-state index in [0.29, 0.717) is 11.3 Å². The first kappa shape index (κ1) is 9.45. The van der Waals surface area contributed by atoms with Gasteiger partial charge in [0.25, 0.3) is 5.91 Å². The van der Waals surface area contributed by atoms with Gasteiger partial charge in [0.1, 0.15) is 0 Å². The van der Waals surface area contributed by atoms with Crippen molar-refractivity contribution in [2.24, 2.45) is 10.8 Å². The van der Waals surface area contributed by atoms with Crippen molar-refractivity contribution in [3.63, 3.8) is 0 Å². The molecule has 2 N–H and O–H groups in total. The van der Waals surface area contributed by atoms with E-state index < -0.39 is 0 Å². The third-order valence-electron chi connectivity index (χ3n) is 2.23. The Morgan fingerprint density at radius 2 is 2.00 bits per heavy atom. The number of nitrogens with zero attached hydrogens (tertiary/aromatic N) is 2. The average molecular weight is 201 g/mol. The molecule has 0 spiro atoms. The normalized spacial score (nSPS) is 18.5. The van der Waals surface area contributed by atoms with Gasteiger partial charge in [-0.25, -0.2) is 0 Å². The van der Waals surface area contributed by atoms with E-state index in [4.69, 9.17) is 5.73 Å². The van der Waals surface area contributed by atoms with Gasteiger partial charge in [-0.2, -0.15) is 10.1 Å². The van der Waals surface area contributed by atoms with Crippen molar-refractivity contribution >= 4 is 17.3 Å². The Balaban J connectivity index is 2.40. The van der Waals surface area contributed by atoms with Crippen molar-refractivity contribution in [3.8, 4) is 0 Å². The third-order valence-corrected chi connectivity index (χ3v) is 2.23. The molecule has 0 fully saturated rings. The highest BCUT2D eigenvalue weighted by Crippen LogP contribution is 2.22. The molecule has 0 saturated carbocycles. The Bertz CT molecular complexity index is 448. The Morgan fingerprint density at radius 1 is 1.33 bits per heavy atom. The number of nitrogens with two attached hydrogens (primary N) is 1. The first-order valence-corrected chi connectivity index (χ1v) is 4.61. The van der Waals surface area contributed by atoms with E-state index >= 15 is 0 Å². The molecule has 0 unspecified atom stereocenters. The molecule has 0 saturated heterocycles. The fraction of sp³-hybridized carbons (Fsp3) is 0.0909. The van der Waals surface area contributed by atoms with E-state index in [1.54, 1.807) is 6.92 Å². The number of anilines is 1. The number of hydrogen-bond acceptors (Lipinski definition) is 3. The Labute approximate surface area is 87.7 Å². The minimum absolute atomic E-state index is 0.179. The Kier molecular flexibility index (Phi) is 2.25. The van der Waals surface area contributed by atoms with Gasteiger partial charge in [0.15, 0.2) is 0 Å². The molecule has 2 rings (SSSR count). The van der Waals surface area contributed by atoms with Crippen LogP contribution in [-0.4, -0.2) is 11.6 Å². The molecule has 1 aromatic rings. The highest BCUT2D eigenvalue weighted by Gasteiger charge is 2.27. The predicted octanol–water partition coefficient (Wildman–Crippen LogP) is 1.25. The average Bonchev–Trinajstić information content (AvgIpc) is 2.55. The number of amides is 1. The van der Waals surface area contributed by atoms with Crippen molar-refractivity contribution in [2.45, 2.75) is 6.92 Å². The van der Waals surface area contributed by atoms with Crippen LogP contribution in [0.2, 0.25) is 0 Å². The van der Waals surface area contributed by atoms with Crippen LogP contribution < -0.4 is 10.7 Å². The fourth-order valence-corrected chi connectivity index (χ4v) is 1.45. The zero-order valence-corrected chi connectivity index (χ0v) is 8.34. The van der Waals surface area contributed by atoms with Crippen molar-refractivity contribution in [3.05, 3.63) is 42.1 Å². The number of hydrogen-bond donors (Lipinski definition) is 1. The van der Waals surface area contributed by atoms with Crippen molar-refractivity contribution in [2.75, 3.05) is 5.01 Å². The van der Waals surface area contributed by atoms with E-state index in [-0.39, 0.29) is 5.91 Å². The molecule has 1 amide bonds. The van der Waals surface area contributed by atoms with Gasteiger partial charge in [0.2, 0.25) is 0 Å². The van der Waals surface area contributed by atoms with Crippen molar-refractivity contribution in [1.29, 1.82) is 0 Å². The quantitative estimate of drug-likeness (QED) is 0.695. The fourth-order valence-electron chi connectivity index (χ4n) is 1.45. The summed E-state index contributed by atoms with van der Waals surface area (Å²) < 4.78 is 0. The lowest BCUT2D eigenvalue weighted by Crippen LogP contribution is -2.21. The van der Waals surface area contributed by atoms with Crippen LogP contribution in [0.1, 0.15) is 6.92 Å². The van der Waals surface area contributed by atoms with Crippen molar-refractivity contribution < 1.29 is 4.79 Å². The predicted molar refractivity (Wildman–Crippen MR) is 59.3 cm³/mol. The first-order chi connectivity index (χ1) is 7.24. The molecule has 1 aliphatic heterocycles. The lowest BCUT2D eigenvalue weighted by atomic mass is 10.2. The van der Waals surface area contributed by atoms with Gasteiger partial charge in [0, 0.05) is 6.20 Å². The Morgan fingerprint density at radius 3 is 2.53 bits per heavy atom. The van der Waals surface area contributed by atoms with Gasteiger partial charge in [-0.05, 0) is 19.1 Å². The second-order valence-corrected chi connectivity index (χ2v) is 3.22. The number of hydrazone groups is 1. The van der Waals surface area contributed by atoms with E-state index in [9.17, 15) is 4.79 Å². The van der Waals surface area contributed by atoms with E-state index in [0.717, 1.165) is 5.69 Å². The molecule has 0 radical (unpaired) electrons. The molecule has 1 aromatic carbocycles. The molecule has 4 nitrogen and oxygen atoms in total. The van der Waals surface area contributed by atoms with Gasteiger partial charge in [-0.3, -0.25) is 4.79 Å². The summed E-state index contributed by atoms with van der Waals surface area (Å²) >= 11 is 0. The Hall–Kier alpha value is -2.10. The molecule has 4 heteroatoms. The lowest BCUT2D eigenvalue weighted by Gasteiger charge is -2.10. The lowest BCUT2D eigenvalue weighted by molar-refractivity contribution is -0.114. The summed E-state index contributed by atoms with van der Waals surface area (Å²) in [5.74, 6) is -0.179. The summed E-state index contributed by atoms with van der Waals surface area (Å²) in [6.07, 6.45) is 1.30. The molecule has 76 valence electrons. The van der Waals surface area contributed by atoms with Crippen LogP contribution >= 0.6 is 0 Å². The second kappa shape index (κ2) is 3.57. The number of carbonyl (C=O) groups excluding carboxylic acids is 1. The highest BCUT2D eigenvalue weighted by molar-refractivity contribution is 6.29. The maximum absolute atomic E-state index is 11.8. The number of carbonyl (C=O) groups is 1. The van der Waals surface area contributed by atoms with Crippen LogP contribution in [0.15, 0.2) is 47.2 Å². The minimum atomic E-state index is -0.179. The third kappa shape index (κ3) is 1.50. The van der Waals surface area contributed by atoms with E-state index in [1.807, 2.05) is 30.3 Å². The number of para-hydroxylation sites is 1. The molecule has 1 aliphatic rings. The largest absolute Gasteiger partial charge is 0.404 e. The maximum Gasteiger partial charge on any atom is 0.282 e. The van der Waals surface area contributed by atoms with Gasteiger partial charge < -0.3 is 5.73 Å². The number of rotatable bonds is 1. The summed E-state index contributed by atoms with van der Waals surface area (Å²) in [7, 11) is 0. The molecule has 1 heterocycles. The minimum Gasteiger partial charge on any atom is -0.404 e. The number of benzene rings is 1. The van der Waals surface area contributed by atoms with Crippen LogP contribution in [-0.2, 0) is 4.79 Å². The van der Waals surface area contributed by atoms with Crippen molar-refractivity contribution in [1.82, 2.24) is 0 Å². The summed E-state index contributed by atoms with van der Waals surface area (Å²) in [6.45, 7) is 1.76. The van der Waals surface area contributed by atoms with Crippen LogP contribution in [0, 0.1) is 0 Å². The van der Waals surface area contributed by atoms with Crippen LogP contribution in [0.3, 0.4) is 0 Å². The smallest absolute Gasteiger partial charge is 0.282 e. The monoisotopic (exact) mass is 201 g/mol. The van der Waals surface area contributed by atoms with Gasteiger partial charge in [-0.1, -0.05) is 18.2 Å². The van der Waals surface area contributed by atoms with E-state index in [1.165, 1.54) is 11.2 Å². The van der Waals surface area contributed by atoms with E-state index in [2.05, 4.69) is 5.10 Å². The zero-order valence-electron chi connectivity index (χ0n) is 8.34. The van der Waals surface area contributed by atoms with Crippen LogP contribution in [0.25, 0.3) is 0 Å². The van der Waals surface area contributed by atoms with Gasteiger partial charge in [0.05, 0.1) is 17.0 Å². The summed E-state index contributed by atoms with van der Waals surface area (Å²) in [4.78, 5) is 11.8. The summed E-state index contributed by atoms with van der Waals surface area (Å²) in [5, 5.41) is 5.50. The molecule has 0 atom stereocenters. The van der Waals surface area contributed by atoms with Gasteiger partial charge in [-0.15, -0.1) is 0 Å². The molecule has 0 bridgehead atoms. The molecular weight excluding hydrogens is 190 g/mol. The molecular formula is C11H11N3O. The summed E-state index contributed by atoms with van der Waals surface area (Å²) in [6, 6.07) is 9.26. The summed E-state index contributed by atoms with van der Waals surface area (Å²) in [5.41, 5.74) is 7.22. The molecule has 15 heavy (non-hydrogen) atoms. The second-order valence-electron chi connectivity index (χ2n) is 3.22. The first-order valence-electron chi connectivity index (χ1n) is 4.61. The SMILES string of the molecule is CC1=NN(c2ccccc2)C(=O)C1=CN. The van der Waals surface area contributed by atoms with Crippen LogP contribution in [0.5, 0.6) is 0 Å². The standard InChI is InChI=1S/C11H11N3O/c1-8-10(7-12)11(15)14(13-8)9-5-3-2-4-6-9/h2-7H,12H2,1H3. The van der Waals surface area contributed by atoms with Gasteiger partial charge >= 0.3 is 0 Å². The maximum atomic E-state index is 11.8. The topological polar surface area (TPSA) is 58.7 Å².